The van der Waals surface area contributed by atoms with Gasteiger partial charge in [0, 0.05) is 28.0 Å². The van der Waals surface area contributed by atoms with Crippen LogP contribution in [0.4, 0.5) is 17.6 Å². The molecule has 0 aliphatic heterocycles. The normalized spacial score (nSPS) is 27.2. The van der Waals surface area contributed by atoms with Gasteiger partial charge in [0.25, 0.3) is 0 Å². The fourth-order valence-corrected chi connectivity index (χ4v) is 3.41. The van der Waals surface area contributed by atoms with Gasteiger partial charge >= 0.3 is 5.92 Å². The van der Waals surface area contributed by atoms with Crippen LogP contribution in [0.15, 0.2) is 40.6 Å². The van der Waals surface area contributed by atoms with Crippen LogP contribution in [0.25, 0.3) is 0 Å². The first-order valence-corrected chi connectivity index (χ1v) is 8.05. The van der Waals surface area contributed by atoms with Gasteiger partial charge in [-0.1, -0.05) is 0 Å². The predicted octanol–water partition coefficient (Wildman–Crippen LogP) is 3.80. The highest BCUT2D eigenvalue weighted by molar-refractivity contribution is 7.97. The van der Waals surface area contributed by atoms with E-state index in [4.69, 9.17) is 15.1 Å². The maximum atomic E-state index is 14.3. The molecule has 0 aromatic heterocycles. The van der Waals surface area contributed by atoms with Crippen LogP contribution in [0, 0.1) is 11.3 Å². The van der Waals surface area contributed by atoms with Crippen molar-refractivity contribution in [1.29, 1.82) is 5.26 Å². The third kappa shape index (κ3) is 2.90. The molecule has 0 heterocycles. The maximum absolute atomic E-state index is 14.3. The van der Waals surface area contributed by atoms with Crippen molar-refractivity contribution in [2.24, 2.45) is 5.14 Å². The molecule has 9 heteroatoms. The number of alkyl halides is 3. The summed E-state index contributed by atoms with van der Waals surface area (Å²) in [5, 5.41) is 24.1. The molecule has 3 rings (SSSR count). The topological polar surface area (TPSA) is 79.3 Å². The van der Waals surface area contributed by atoms with Crippen molar-refractivity contribution >= 4 is 11.9 Å². The van der Waals surface area contributed by atoms with Gasteiger partial charge in [0.1, 0.15) is 23.8 Å². The Morgan fingerprint density at radius 1 is 1.36 bits per heavy atom. The molecule has 0 spiro atoms. The smallest absolute Gasteiger partial charge is 0.312 e. The first-order chi connectivity index (χ1) is 11.8. The highest BCUT2D eigenvalue weighted by Crippen LogP contribution is 2.57. The number of halogens is 4. The molecule has 0 radical (unpaired) electrons. The molecule has 132 valence electrons. The molecule has 1 aromatic carbocycles. The summed E-state index contributed by atoms with van der Waals surface area (Å²) in [6, 6.07) is 4.36. The number of nitrogens with zero attached hydrogens (tertiary/aromatic N) is 1. The molecule has 1 aromatic rings. The fourth-order valence-electron chi connectivity index (χ4n) is 2.91. The summed E-state index contributed by atoms with van der Waals surface area (Å²) in [5.74, 6) is -4.98. The van der Waals surface area contributed by atoms with E-state index < -0.39 is 35.7 Å². The lowest BCUT2D eigenvalue weighted by Crippen LogP contribution is -2.24. The second kappa shape index (κ2) is 6.37. The summed E-state index contributed by atoms with van der Waals surface area (Å²) >= 11 is 0.600. The maximum Gasteiger partial charge on any atom is 0.312 e. The fraction of sp³-hybridized carbons (Fsp3) is 0.312. The number of allylic oxidation sites excluding steroid dienone is 2. The van der Waals surface area contributed by atoms with Crippen molar-refractivity contribution in [3.63, 3.8) is 0 Å². The number of aliphatic hydroxyl groups excluding tert-OH is 1. The molecule has 0 saturated heterocycles. The lowest BCUT2D eigenvalue weighted by molar-refractivity contribution is -0.144. The summed E-state index contributed by atoms with van der Waals surface area (Å²) < 4.78 is 61.1. The molecule has 2 aliphatic rings. The van der Waals surface area contributed by atoms with Gasteiger partial charge in [-0.3, -0.25) is 5.14 Å². The Hall–Kier alpha value is -2.02. The van der Waals surface area contributed by atoms with Crippen LogP contribution in [-0.2, 0) is 0 Å². The largest absolute Gasteiger partial charge is 0.485 e. The summed E-state index contributed by atoms with van der Waals surface area (Å²) in [6.45, 7) is 0. The van der Waals surface area contributed by atoms with Crippen LogP contribution >= 0.6 is 11.9 Å². The Balaban J connectivity index is 2.01. The SMILES string of the molecule is N#CC1=CC(F)=CC(Oc2ccc(SN)c3c2C(F)C(F)(F)[C@H]3O)C1. The second-order valence-corrected chi connectivity index (χ2v) is 6.32. The first kappa shape index (κ1) is 17.8. The zero-order chi connectivity index (χ0) is 18.4. The molecule has 2 unspecified atom stereocenters. The number of hydrogen-bond donors (Lipinski definition) is 2. The van der Waals surface area contributed by atoms with Crippen molar-refractivity contribution < 1.29 is 27.4 Å². The van der Waals surface area contributed by atoms with E-state index in [1.165, 1.54) is 12.1 Å². The van der Waals surface area contributed by atoms with E-state index >= 15 is 0 Å². The van der Waals surface area contributed by atoms with Crippen LogP contribution in [-0.4, -0.2) is 17.1 Å². The minimum atomic E-state index is -4.03. The molecule has 0 amide bonds. The number of nitrogens with two attached hydrogens (primary N) is 1. The highest BCUT2D eigenvalue weighted by atomic mass is 32.2. The van der Waals surface area contributed by atoms with E-state index in [-0.39, 0.29) is 28.2 Å². The number of benzene rings is 1. The van der Waals surface area contributed by atoms with Crippen LogP contribution in [0.1, 0.15) is 29.8 Å². The monoisotopic (exact) mass is 372 g/mol. The third-order valence-corrected chi connectivity index (χ3v) is 4.67. The van der Waals surface area contributed by atoms with Crippen molar-refractivity contribution in [2.45, 2.75) is 35.6 Å². The van der Waals surface area contributed by atoms with Crippen molar-refractivity contribution in [3.05, 3.63) is 46.8 Å². The number of ether oxygens (including phenoxy) is 1. The van der Waals surface area contributed by atoms with Crippen LogP contribution in [0.2, 0.25) is 0 Å². The van der Waals surface area contributed by atoms with Crippen LogP contribution in [0.5, 0.6) is 5.75 Å². The van der Waals surface area contributed by atoms with E-state index in [0.717, 1.165) is 12.2 Å². The zero-order valence-electron chi connectivity index (χ0n) is 12.5. The Kier molecular flexibility index (Phi) is 4.53. The number of hydrogen-bond acceptors (Lipinski definition) is 5. The predicted molar refractivity (Wildman–Crippen MR) is 82.2 cm³/mol. The van der Waals surface area contributed by atoms with Gasteiger partial charge in [-0.05, 0) is 36.2 Å². The first-order valence-electron chi connectivity index (χ1n) is 7.17. The molecular formula is C16H12F4N2O2S. The number of fused-ring (bicyclic) bond motifs is 1. The molecule has 0 bridgehead atoms. The van der Waals surface area contributed by atoms with E-state index in [9.17, 15) is 22.7 Å². The Morgan fingerprint density at radius 3 is 2.72 bits per heavy atom. The zero-order valence-corrected chi connectivity index (χ0v) is 13.4. The summed E-state index contributed by atoms with van der Waals surface area (Å²) in [4.78, 5) is 0.0950. The lowest BCUT2D eigenvalue weighted by Gasteiger charge is -2.21. The lowest BCUT2D eigenvalue weighted by atomic mass is 10.0. The molecule has 3 N–H and O–H groups in total. The minimum Gasteiger partial charge on any atom is -0.485 e. The van der Waals surface area contributed by atoms with Crippen molar-refractivity contribution in [3.8, 4) is 11.8 Å². The summed E-state index contributed by atoms with van der Waals surface area (Å²) in [7, 11) is 0. The number of nitriles is 1. The molecule has 0 saturated carbocycles. The van der Waals surface area contributed by atoms with Gasteiger partial charge in [-0.15, -0.1) is 0 Å². The van der Waals surface area contributed by atoms with Gasteiger partial charge in [0.15, 0.2) is 6.17 Å². The van der Waals surface area contributed by atoms with E-state index in [0.29, 0.717) is 11.9 Å². The molecule has 3 atom stereocenters. The van der Waals surface area contributed by atoms with Gasteiger partial charge in [-0.25, -0.2) is 8.78 Å². The van der Waals surface area contributed by atoms with Crippen molar-refractivity contribution in [2.75, 3.05) is 0 Å². The van der Waals surface area contributed by atoms with Gasteiger partial charge in [-0.2, -0.15) is 14.0 Å². The Morgan fingerprint density at radius 2 is 2.08 bits per heavy atom. The number of rotatable bonds is 3. The van der Waals surface area contributed by atoms with Gasteiger partial charge < -0.3 is 9.84 Å². The second-order valence-electron chi connectivity index (χ2n) is 5.64. The molecule has 4 nitrogen and oxygen atoms in total. The van der Waals surface area contributed by atoms with Crippen LogP contribution in [0.3, 0.4) is 0 Å². The number of aliphatic hydroxyl groups is 1. The molecular weight excluding hydrogens is 360 g/mol. The van der Waals surface area contributed by atoms with Gasteiger partial charge in [0.2, 0.25) is 0 Å². The van der Waals surface area contributed by atoms with Gasteiger partial charge in [0.05, 0.1) is 6.07 Å². The quantitative estimate of drug-likeness (QED) is 0.623. The Bertz CT molecular complexity index is 819. The highest BCUT2D eigenvalue weighted by Gasteiger charge is 2.58. The average Bonchev–Trinajstić information content (AvgIpc) is 2.76. The Labute approximate surface area is 144 Å². The van der Waals surface area contributed by atoms with E-state index in [2.05, 4.69) is 0 Å². The van der Waals surface area contributed by atoms with E-state index in [1.807, 2.05) is 0 Å². The molecule has 25 heavy (non-hydrogen) atoms. The standard InChI is InChI=1S/C16H12F4N2O2S/c17-8-3-7(6-21)4-9(5-8)24-10-1-2-11(25-22)13-12(10)14(18)16(19,20)15(13)23/h1-3,5,9,14-15,23H,4,22H2/t9?,14?,15-/m0/s1. The molecule has 0 fully saturated rings. The minimum absolute atomic E-state index is 0.0159. The summed E-state index contributed by atoms with van der Waals surface area (Å²) in [6.07, 6.45) is -3.99. The molecule has 2 aliphatic carbocycles. The summed E-state index contributed by atoms with van der Waals surface area (Å²) in [5.41, 5.74) is -0.730. The average molecular weight is 372 g/mol. The van der Waals surface area contributed by atoms with E-state index in [1.54, 1.807) is 6.07 Å². The third-order valence-electron chi connectivity index (χ3n) is 4.06. The van der Waals surface area contributed by atoms with Crippen LogP contribution < -0.4 is 9.88 Å². The van der Waals surface area contributed by atoms with Crippen molar-refractivity contribution in [1.82, 2.24) is 0 Å².